The van der Waals surface area contributed by atoms with Crippen molar-refractivity contribution in [3.8, 4) is 0 Å². The van der Waals surface area contributed by atoms with Crippen molar-refractivity contribution in [1.29, 1.82) is 0 Å². The van der Waals surface area contributed by atoms with Crippen LogP contribution >= 0.6 is 11.8 Å². The van der Waals surface area contributed by atoms with Crippen LogP contribution in [-0.4, -0.2) is 24.0 Å². The number of nitrogens with zero attached hydrogens (tertiary/aromatic N) is 1. The Balaban J connectivity index is 1.95. The molecule has 2 aliphatic heterocycles. The van der Waals surface area contributed by atoms with Gasteiger partial charge in [0.25, 0.3) is 0 Å². The molecule has 0 fully saturated rings. The lowest BCUT2D eigenvalue weighted by Gasteiger charge is -2.21. The molecular formula is C19H16N2O2S. The fourth-order valence-corrected chi connectivity index (χ4v) is 3.95. The summed E-state index contributed by atoms with van der Waals surface area (Å²) in [6.07, 6.45) is 0. The largest absolute Gasteiger partial charge is 0.461 e. The molecule has 24 heavy (non-hydrogen) atoms. The number of fused-ring (bicyclic) bond motifs is 4. The quantitative estimate of drug-likeness (QED) is 0.837. The zero-order chi connectivity index (χ0) is 16.5. The number of para-hydroxylation sites is 2. The molecule has 0 atom stereocenters. The smallest absolute Gasteiger partial charge is 0.355 e. The monoisotopic (exact) mass is 336 g/mol. The molecule has 0 aliphatic carbocycles. The minimum Gasteiger partial charge on any atom is -0.461 e. The Morgan fingerprint density at radius 1 is 1.21 bits per heavy atom. The van der Waals surface area contributed by atoms with Crippen LogP contribution in [0.4, 0.5) is 11.4 Å². The van der Waals surface area contributed by atoms with Gasteiger partial charge in [-0.05, 0) is 25.1 Å². The first kappa shape index (κ1) is 15.0. The van der Waals surface area contributed by atoms with Crippen LogP contribution in [-0.2, 0) is 9.53 Å². The summed E-state index contributed by atoms with van der Waals surface area (Å²) in [6, 6.07) is 15.9. The molecule has 2 heterocycles. The number of esters is 1. The highest BCUT2D eigenvalue weighted by atomic mass is 32.2. The molecular weight excluding hydrogens is 320 g/mol. The first-order valence-electron chi connectivity index (χ1n) is 7.85. The number of hydrogen-bond donors (Lipinski definition) is 1. The number of hydrogen-bond acceptors (Lipinski definition) is 5. The number of benzene rings is 2. The molecule has 4 nitrogen and oxygen atoms in total. The van der Waals surface area contributed by atoms with Crippen molar-refractivity contribution in [3.63, 3.8) is 0 Å². The van der Waals surface area contributed by atoms with Gasteiger partial charge >= 0.3 is 5.97 Å². The van der Waals surface area contributed by atoms with Crippen molar-refractivity contribution < 1.29 is 9.53 Å². The Morgan fingerprint density at radius 2 is 2.00 bits per heavy atom. The van der Waals surface area contributed by atoms with E-state index in [-0.39, 0.29) is 5.97 Å². The number of carbonyl (C=O) groups is 1. The number of ether oxygens (including phenoxy) is 1. The van der Waals surface area contributed by atoms with E-state index in [0.717, 1.165) is 28.2 Å². The molecule has 0 saturated heterocycles. The van der Waals surface area contributed by atoms with E-state index in [1.54, 1.807) is 11.8 Å². The van der Waals surface area contributed by atoms with Gasteiger partial charge in [-0.2, -0.15) is 0 Å². The van der Waals surface area contributed by atoms with Crippen LogP contribution in [0.1, 0.15) is 12.5 Å². The molecule has 5 heteroatoms. The molecule has 2 aromatic carbocycles. The lowest BCUT2D eigenvalue weighted by Crippen LogP contribution is -2.23. The van der Waals surface area contributed by atoms with Crippen molar-refractivity contribution in [2.45, 2.75) is 11.8 Å². The Kier molecular flexibility index (Phi) is 3.86. The van der Waals surface area contributed by atoms with Gasteiger partial charge < -0.3 is 10.1 Å². The maximum Gasteiger partial charge on any atom is 0.355 e. The Hall–Kier alpha value is -2.53. The predicted molar refractivity (Wildman–Crippen MR) is 97.1 cm³/mol. The zero-order valence-corrected chi connectivity index (χ0v) is 14.0. The van der Waals surface area contributed by atoms with E-state index in [1.165, 1.54) is 4.90 Å². The Morgan fingerprint density at radius 3 is 2.88 bits per heavy atom. The highest BCUT2D eigenvalue weighted by Gasteiger charge is 2.29. The van der Waals surface area contributed by atoms with Gasteiger partial charge in [-0.25, -0.2) is 9.79 Å². The normalized spacial score (nSPS) is 15.3. The Bertz CT molecular complexity index is 886. The summed E-state index contributed by atoms with van der Waals surface area (Å²) in [5.41, 5.74) is 4.94. The molecule has 0 unspecified atom stereocenters. The third kappa shape index (κ3) is 2.51. The van der Waals surface area contributed by atoms with Crippen molar-refractivity contribution >= 4 is 34.8 Å². The SMILES string of the molecule is CCOC(=O)C1=C2CSc3ccccc3C2=Nc2ccccc2N1. The summed E-state index contributed by atoms with van der Waals surface area (Å²) >= 11 is 1.72. The second-order valence-corrected chi connectivity index (χ2v) is 6.48. The molecule has 0 aromatic heterocycles. The van der Waals surface area contributed by atoms with Crippen molar-refractivity contribution in [2.24, 2.45) is 4.99 Å². The number of carbonyl (C=O) groups excluding carboxylic acids is 1. The van der Waals surface area contributed by atoms with E-state index in [9.17, 15) is 4.79 Å². The first-order valence-corrected chi connectivity index (χ1v) is 8.84. The average Bonchev–Trinajstić information content (AvgIpc) is 2.78. The van der Waals surface area contributed by atoms with Crippen LogP contribution in [0.25, 0.3) is 0 Å². The van der Waals surface area contributed by atoms with Crippen molar-refractivity contribution in [3.05, 3.63) is 65.4 Å². The van der Waals surface area contributed by atoms with E-state index < -0.39 is 0 Å². The molecule has 2 aromatic rings. The lowest BCUT2D eigenvalue weighted by atomic mass is 10.0. The number of thioether (sulfide) groups is 1. The molecule has 0 spiro atoms. The second-order valence-electron chi connectivity index (χ2n) is 5.46. The van der Waals surface area contributed by atoms with E-state index in [1.807, 2.05) is 43.3 Å². The molecule has 0 amide bonds. The van der Waals surface area contributed by atoms with Gasteiger partial charge in [-0.3, -0.25) is 0 Å². The second kappa shape index (κ2) is 6.17. The molecule has 0 radical (unpaired) electrons. The molecule has 2 aliphatic rings. The van der Waals surface area contributed by atoms with Gasteiger partial charge in [-0.1, -0.05) is 30.3 Å². The summed E-state index contributed by atoms with van der Waals surface area (Å²) < 4.78 is 5.27. The van der Waals surface area contributed by atoms with E-state index in [2.05, 4.69) is 17.4 Å². The molecule has 0 bridgehead atoms. The van der Waals surface area contributed by atoms with Gasteiger partial charge in [0.15, 0.2) is 0 Å². The number of rotatable bonds is 2. The minimum atomic E-state index is -0.336. The van der Waals surface area contributed by atoms with Crippen LogP contribution in [0.15, 0.2) is 69.7 Å². The zero-order valence-electron chi connectivity index (χ0n) is 13.2. The van der Waals surface area contributed by atoms with Crippen LogP contribution in [0.5, 0.6) is 0 Å². The fraction of sp³-hybridized carbons (Fsp3) is 0.158. The summed E-state index contributed by atoms with van der Waals surface area (Å²) in [4.78, 5) is 18.6. The topological polar surface area (TPSA) is 50.7 Å². The van der Waals surface area contributed by atoms with Gasteiger partial charge in [0.2, 0.25) is 0 Å². The predicted octanol–water partition coefficient (Wildman–Crippen LogP) is 4.16. The van der Waals surface area contributed by atoms with Crippen LogP contribution in [0.2, 0.25) is 0 Å². The average molecular weight is 336 g/mol. The number of aliphatic imine (C=N–C) groups is 1. The van der Waals surface area contributed by atoms with E-state index >= 15 is 0 Å². The minimum absolute atomic E-state index is 0.336. The molecule has 1 N–H and O–H groups in total. The lowest BCUT2D eigenvalue weighted by molar-refractivity contribution is -0.138. The van der Waals surface area contributed by atoms with Crippen molar-refractivity contribution in [1.82, 2.24) is 0 Å². The molecule has 4 rings (SSSR count). The Labute approximate surface area is 144 Å². The van der Waals surface area contributed by atoms with Crippen LogP contribution in [0.3, 0.4) is 0 Å². The maximum absolute atomic E-state index is 12.5. The first-order chi connectivity index (χ1) is 11.8. The third-order valence-corrected chi connectivity index (χ3v) is 5.08. The van der Waals surface area contributed by atoms with Crippen molar-refractivity contribution in [2.75, 3.05) is 17.7 Å². The van der Waals surface area contributed by atoms with Crippen LogP contribution in [0, 0.1) is 0 Å². The van der Waals surface area contributed by atoms with Gasteiger partial charge in [0.1, 0.15) is 5.70 Å². The fourth-order valence-electron chi connectivity index (χ4n) is 2.87. The standard InChI is InChI=1S/C19H16N2O2S/c1-2-23-19(22)18-13-11-24-16-10-6-3-7-12(16)17(13)20-14-8-4-5-9-15(14)21-18/h3-10,21H,2,11H2,1H3. The number of nitrogens with one attached hydrogen (secondary N) is 1. The maximum atomic E-state index is 12.5. The van der Waals surface area contributed by atoms with Gasteiger partial charge in [-0.15, -0.1) is 11.8 Å². The molecule has 120 valence electrons. The number of anilines is 1. The summed E-state index contributed by atoms with van der Waals surface area (Å²) in [5, 5.41) is 3.25. The van der Waals surface area contributed by atoms with E-state index in [0.29, 0.717) is 18.1 Å². The van der Waals surface area contributed by atoms with E-state index in [4.69, 9.17) is 9.73 Å². The summed E-state index contributed by atoms with van der Waals surface area (Å²) in [6.45, 7) is 2.16. The molecule has 0 saturated carbocycles. The van der Waals surface area contributed by atoms with Gasteiger partial charge in [0, 0.05) is 21.8 Å². The van der Waals surface area contributed by atoms with Gasteiger partial charge in [0.05, 0.1) is 23.7 Å². The highest BCUT2D eigenvalue weighted by Crippen LogP contribution is 2.39. The van der Waals surface area contributed by atoms with Crippen LogP contribution < -0.4 is 5.32 Å². The summed E-state index contributed by atoms with van der Waals surface area (Å²) in [7, 11) is 0. The highest BCUT2D eigenvalue weighted by molar-refractivity contribution is 7.99. The summed E-state index contributed by atoms with van der Waals surface area (Å²) in [5.74, 6) is 0.349. The third-order valence-electron chi connectivity index (χ3n) is 3.98.